The van der Waals surface area contributed by atoms with Gasteiger partial charge in [0.05, 0.1) is 11.0 Å². The number of aliphatic hydroxyl groups is 1. The van der Waals surface area contributed by atoms with Gasteiger partial charge in [0.15, 0.2) is 0 Å². The Kier molecular flexibility index (Phi) is 4.22. The van der Waals surface area contributed by atoms with Crippen molar-refractivity contribution in [3.63, 3.8) is 0 Å². The number of carbonyl (C=O) groups excluding carboxylic acids is 1. The first kappa shape index (κ1) is 17.4. The third-order valence-electron chi connectivity index (χ3n) is 5.09. The number of fused-ring (bicyclic) bond motifs is 1. The molecule has 132 valence electrons. The molecule has 7 heteroatoms. The lowest BCUT2D eigenvalue weighted by atomic mass is 9.77. The number of anilines is 1. The van der Waals surface area contributed by atoms with Crippen molar-refractivity contribution < 1.29 is 18.3 Å². The van der Waals surface area contributed by atoms with Gasteiger partial charge in [-0.25, -0.2) is 8.42 Å². The molecule has 1 aromatic rings. The van der Waals surface area contributed by atoms with Gasteiger partial charge in [-0.1, -0.05) is 13.8 Å². The molecule has 0 saturated carbocycles. The fraction of sp³-hybridized carbons (Fsp3) is 0.588. The van der Waals surface area contributed by atoms with Crippen LogP contribution in [0.1, 0.15) is 38.7 Å². The minimum absolute atomic E-state index is 0.0353. The van der Waals surface area contributed by atoms with E-state index in [1.54, 1.807) is 30.1 Å². The highest BCUT2D eigenvalue weighted by Gasteiger charge is 2.37. The Morgan fingerprint density at radius 1 is 1.21 bits per heavy atom. The zero-order chi connectivity index (χ0) is 17.7. The third-order valence-corrected chi connectivity index (χ3v) is 6.98. The van der Waals surface area contributed by atoms with Crippen molar-refractivity contribution in [1.82, 2.24) is 4.31 Å². The Balaban J connectivity index is 2.01. The summed E-state index contributed by atoms with van der Waals surface area (Å²) < 4.78 is 27.2. The Morgan fingerprint density at radius 3 is 2.46 bits per heavy atom. The highest BCUT2D eigenvalue weighted by molar-refractivity contribution is 7.89. The van der Waals surface area contributed by atoms with E-state index in [2.05, 4.69) is 0 Å². The Bertz CT molecular complexity index is 765. The summed E-state index contributed by atoms with van der Waals surface area (Å²) in [7, 11) is -1.86. The number of nitrogens with zero attached hydrogens (tertiary/aromatic N) is 2. The van der Waals surface area contributed by atoms with Gasteiger partial charge in [0.2, 0.25) is 15.9 Å². The predicted molar refractivity (Wildman–Crippen MR) is 91.5 cm³/mol. The molecule has 2 heterocycles. The Morgan fingerprint density at radius 2 is 1.83 bits per heavy atom. The van der Waals surface area contributed by atoms with E-state index in [0.29, 0.717) is 32.4 Å². The monoisotopic (exact) mass is 352 g/mol. The Hall–Kier alpha value is -1.44. The number of hydrogen-bond donors (Lipinski definition) is 1. The molecule has 1 aromatic carbocycles. The molecule has 0 bridgehead atoms. The van der Waals surface area contributed by atoms with E-state index >= 15 is 0 Å². The van der Waals surface area contributed by atoms with E-state index in [9.17, 15) is 18.3 Å². The molecule has 1 N–H and O–H groups in total. The zero-order valence-corrected chi connectivity index (χ0v) is 15.1. The van der Waals surface area contributed by atoms with Gasteiger partial charge in [-0.15, -0.1) is 0 Å². The summed E-state index contributed by atoms with van der Waals surface area (Å²) >= 11 is 0. The number of rotatable bonds is 2. The van der Waals surface area contributed by atoms with Gasteiger partial charge >= 0.3 is 0 Å². The summed E-state index contributed by atoms with van der Waals surface area (Å²) in [6, 6.07) is 5.00. The molecule has 6 nitrogen and oxygen atoms in total. The van der Waals surface area contributed by atoms with Crippen LogP contribution in [0.5, 0.6) is 0 Å². The molecule has 0 spiro atoms. The van der Waals surface area contributed by atoms with Crippen molar-refractivity contribution in [3.05, 3.63) is 23.8 Å². The molecule has 1 saturated heterocycles. The van der Waals surface area contributed by atoms with Crippen LogP contribution in [0.15, 0.2) is 23.1 Å². The first-order valence-corrected chi connectivity index (χ1v) is 9.66. The van der Waals surface area contributed by atoms with E-state index in [1.807, 2.05) is 13.8 Å². The third kappa shape index (κ3) is 2.85. The molecular formula is C17H24N2O4S. The lowest BCUT2D eigenvalue weighted by Gasteiger charge is -2.37. The second-order valence-electron chi connectivity index (χ2n) is 7.33. The maximum atomic E-state index is 12.9. The number of piperidine rings is 1. The fourth-order valence-corrected chi connectivity index (χ4v) is 4.96. The largest absolute Gasteiger partial charge is 0.393 e. The van der Waals surface area contributed by atoms with Gasteiger partial charge in [0, 0.05) is 37.7 Å². The van der Waals surface area contributed by atoms with Crippen molar-refractivity contribution in [2.75, 3.05) is 25.0 Å². The number of carbonyl (C=O) groups is 1. The van der Waals surface area contributed by atoms with Gasteiger partial charge in [0.25, 0.3) is 0 Å². The molecule has 3 rings (SSSR count). The first-order valence-electron chi connectivity index (χ1n) is 8.22. The maximum absolute atomic E-state index is 12.9. The van der Waals surface area contributed by atoms with Crippen LogP contribution in [0, 0.1) is 0 Å². The summed E-state index contributed by atoms with van der Waals surface area (Å²) in [5.74, 6) is 0.0353. The summed E-state index contributed by atoms with van der Waals surface area (Å²) in [6.07, 6.45) is 0.869. The van der Waals surface area contributed by atoms with Gasteiger partial charge in [0.1, 0.15) is 0 Å². The van der Waals surface area contributed by atoms with Crippen molar-refractivity contribution in [1.29, 1.82) is 0 Å². The van der Waals surface area contributed by atoms with E-state index < -0.39 is 21.5 Å². The number of sulfonamides is 1. The highest BCUT2D eigenvalue weighted by Crippen LogP contribution is 2.41. The molecule has 0 atom stereocenters. The first-order chi connectivity index (χ1) is 11.1. The summed E-state index contributed by atoms with van der Waals surface area (Å²) in [5, 5.41) is 9.59. The predicted octanol–water partition coefficient (Wildman–Crippen LogP) is 1.48. The second-order valence-corrected chi connectivity index (χ2v) is 9.27. The van der Waals surface area contributed by atoms with Gasteiger partial charge in [-0.05, 0) is 36.6 Å². The molecule has 1 fully saturated rings. The molecule has 0 radical (unpaired) electrons. The SMILES string of the molecule is CN1C(=O)CC(C)(C)c2cc(S(=O)(=O)N3CCC(O)CC3)ccc21. The van der Waals surface area contributed by atoms with Crippen LogP contribution < -0.4 is 4.90 Å². The summed E-state index contributed by atoms with van der Waals surface area (Å²) in [6.45, 7) is 4.60. The lowest BCUT2D eigenvalue weighted by Crippen LogP contribution is -2.41. The van der Waals surface area contributed by atoms with Crippen LogP contribution in [0.3, 0.4) is 0 Å². The van der Waals surface area contributed by atoms with Crippen LogP contribution in [-0.2, 0) is 20.2 Å². The van der Waals surface area contributed by atoms with Crippen LogP contribution in [0.4, 0.5) is 5.69 Å². The number of hydrogen-bond acceptors (Lipinski definition) is 4. The molecule has 24 heavy (non-hydrogen) atoms. The molecule has 0 aromatic heterocycles. The van der Waals surface area contributed by atoms with Crippen molar-refractivity contribution in [3.8, 4) is 0 Å². The molecule has 2 aliphatic rings. The molecule has 2 aliphatic heterocycles. The highest BCUT2D eigenvalue weighted by atomic mass is 32.2. The van der Waals surface area contributed by atoms with E-state index in [4.69, 9.17) is 0 Å². The smallest absolute Gasteiger partial charge is 0.243 e. The molecule has 0 unspecified atom stereocenters. The van der Waals surface area contributed by atoms with Crippen molar-refractivity contribution >= 4 is 21.6 Å². The molecule has 1 amide bonds. The average molecular weight is 352 g/mol. The molecular weight excluding hydrogens is 328 g/mol. The second kappa shape index (κ2) is 5.82. The van der Waals surface area contributed by atoms with E-state index in [1.165, 1.54) is 4.31 Å². The minimum Gasteiger partial charge on any atom is -0.393 e. The minimum atomic E-state index is -3.58. The normalized spacial score (nSPS) is 22.5. The molecule has 0 aliphatic carbocycles. The Labute approximate surface area is 143 Å². The fourth-order valence-electron chi connectivity index (χ4n) is 3.47. The maximum Gasteiger partial charge on any atom is 0.243 e. The number of benzene rings is 1. The van der Waals surface area contributed by atoms with Crippen LogP contribution >= 0.6 is 0 Å². The quantitative estimate of drug-likeness (QED) is 0.874. The zero-order valence-electron chi connectivity index (χ0n) is 14.3. The van der Waals surface area contributed by atoms with Crippen LogP contribution in [0.25, 0.3) is 0 Å². The standard InChI is InChI=1S/C17H24N2O4S/c1-17(2)11-16(21)18(3)15-5-4-13(10-14(15)17)24(22,23)19-8-6-12(20)7-9-19/h4-5,10,12,20H,6-9,11H2,1-3H3. The summed E-state index contributed by atoms with van der Waals surface area (Å²) in [4.78, 5) is 14.0. The lowest BCUT2D eigenvalue weighted by molar-refractivity contribution is -0.119. The van der Waals surface area contributed by atoms with E-state index in [-0.39, 0.29) is 10.8 Å². The van der Waals surface area contributed by atoms with Gasteiger partial charge in [-0.3, -0.25) is 4.79 Å². The van der Waals surface area contributed by atoms with Gasteiger partial charge < -0.3 is 10.0 Å². The van der Waals surface area contributed by atoms with Crippen molar-refractivity contribution in [2.45, 2.75) is 49.5 Å². The van der Waals surface area contributed by atoms with Crippen molar-refractivity contribution in [2.24, 2.45) is 0 Å². The number of aliphatic hydroxyl groups excluding tert-OH is 1. The van der Waals surface area contributed by atoms with E-state index in [0.717, 1.165) is 11.3 Å². The van der Waals surface area contributed by atoms with Crippen LogP contribution in [-0.4, -0.2) is 50.0 Å². The van der Waals surface area contributed by atoms with Gasteiger partial charge in [-0.2, -0.15) is 4.31 Å². The number of amides is 1. The average Bonchev–Trinajstić information content (AvgIpc) is 2.52. The summed E-state index contributed by atoms with van der Waals surface area (Å²) in [5.41, 5.74) is 1.25. The van der Waals surface area contributed by atoms with Crippen LogP contribution in [0.2, 0.25) is 0 Å². The topological polar surface area (TPSA) is 77.9 Å².